The third-order valence-electron chi connectivity index (χ3n) is 2.96. The minimum absolute atomic E-state index is 0.677. The zero-order valence-electron chi connectivity index (χ0n) is 11.1. The Bertz CT molecular complexity index is 511. The first-order valence-corrected chi connectivity index (χ1v) is 6.26. The van der Waals surface area contributed by atoms with Gasteiger partial charge < -0.3 is 9.73 Å². The summed E-state index contributed by atoms with van der Waals surface area (Å²) in [6.45, 7) is 10.6. The number of furan rings is 1. The lowest BCUT2D eigenvalue weighted by Crippen LogP contribution is -2.18. The molecule has 17 heavy (non-hydrogen) atoms. The van der Waals surface area contributed by atoms with Gasteiger partial charge in [0.25, 0.3) is 0 Å². The van der Waals surface area contributed by atoms with Crippen molar-refractivity contribution in [3.05, 3.63) is 35.1 Å². The maximum absolute atomic E-state index is 5.63. The SMILES string of the molecule is Cc1cc(C)c2c(CNCC(C)C)coc2c1. The van der Waals surface area contributed by atoms with Crippen molar-refractivity contribution in [2.24, 2.45) is 5.92 Å². The molecule has 0 bridgehead atoms. The van der Waals surface area contributed by atoms with Crippen LogP contribution in [0.15, 0.2) is 22.8 Å². The topological polar surface area (TPSA) is 25.2 Å². The summed E-state index contributed by atoms with van der Waals surface area (Å²) < 4.78 is 5.63. The number of hydrogen-bond donors (Lipinski definition) is 1. The Hall–Kier alpha value is -1.28. The molecule has 0 aliphatic carbocycles. The third-order valence-corrected chi connectivity index (χ3v) is 2.96. The smallest absolute Gasteiger partial charge is 0.134 e. The van der Waals surface area contributed by atoms with Crippen LogP contribution in [0.2, 0.25) is 0 Å². The molecule has 0 radical (unpaired) electrons. The summed E-state index contributed by atoms with van der Waals surface area (Å²) in [5, 5.41) is 4.73. The number of nitrogens with one attached hydrogen (secondary N) is 1. The van der Waals surface area contributed by atoms with Gasteiger partial charge in [-0.25, -0.2) is 0 Å². The van der Waals surface area contributed by atoms with Gasteiger partial charge in [0.1, 0.15) is 5.58 Å². The molecule has 1 aromatic carbocycles. The molecule has 2 heteroatoms. The van der Waals surface area contributed by atoms with E-state index in [-0.39, 0.29) is 0 Å². The molecule has 0 unspecified atom stereocenters. The van der Waals surface area contributed by atoms with E-state index in [2.05, 4.69) is 45.1 Å². The van der Waals surface area contributed by atoms with Gasteiger partial charge in [0.05, 0.1) is 6.26 Å². The summed E-state index contributed by atoms with van der Waals surface area (Å²) in [5.41, 5.74) is 4.82. The normalized spacial score (nSPS) is 11.6. The zero-order chi connectivity index (χ0) is 12.4. The summed E-state index contributed by atoms with van der Waals surface area (Å²) in [6, 6.07) is 4.32. The summed E-state index contributed by atoms with van der Waals surface area (Å²) in [6.07, 6.45) is 1.88. The number of aryl methyl sites for hydroxylation is 2. The molecule has 0 saturated heterocycles. The van der Waals surface area contributed by atoms with Crippen LogP contribution in [0.1, 0.15) is 30.5 Å². The Balaban J connectivity index is 2.24. The molecular weight excluding hydrogens is 210 g/mol. The molecule has 0 atom stereocenters. The third kappa shape index (κ3) is 2.70. The maximum Gasteiger partial charge on any atom is 0.134 e. The minimum atomic E-state index is 0.677. The molecule has 0 fully saturated rings. The average molecular weight is 231 g/mol. The first-order valence-electron chi connectivity index (χ1n) is 6.26. The fourth-order valence-corrected chi connectivity index (χ4v) is 2.25. The van der Waals surface area contributed by atoms with Crippen LogP contribution in [0.3, 0.4) is 0 Å². The summed E-state index contributed by atoms with van der Waals surface area (Å²) in [4.78, 5) is 0. The molecule has 2 nitrogen and oxygen atoms in total. The number of rotatable bonds is 4. The van der Waals surface area contributed by atoms with E-state index in [0.29, 0.717) is 5.92 Å². The van der Waals surface area contributed by atoms with Crippen LogP contribution in [0.25, 0.3) is 11.0 Å². The van der Waals surface area contributed by atoms with Crippen LogP contribution < -0.4 is 5.32 Å². The van der Waals surface area contributed by atoms with Crippen molar-refractivity contribution in [1.29, 1.82) is 0 Å². The highest BCUT2D eigenvalue weighted by Gasteiger charge is 2.08. The highest BCUT2D eigenvalue weighted by molar-refractivity contribution is 5.85. The largest absolute Gasteiger partial charge is 0.464 e. The van der Waals surface area contributed by atoms with Crippen molar-refractivity contribution in [3.63, 3.8) is 0 Å². The molecule has 0 aliphatic rings. The fraction of sp³-hybridized carbons (Fsp3) is 0.467. The van der Waals surface area contributed by atoms with Crippen molar-refractivity contribution in [3.8, 4) is 0 Å². The highest BCUT2D eigenvalue weighted by Crippen LogP contribution is 2.26. The van der Waals surface area contributed by atoms with Crippen LogP contribution in [0, 0.1) is 19.8 Å². The average Bonchev–Trinajstić information content (AvgIpc) is 2.60. The highest BCUT2D eigenvalue weighted by atomic mass is 16.3. The summed E-state index contributed by atoms with van der Waals surface area (Å²) >= 11 is 0. The van der Waals surface area contributed by atoms with Crippen LogP contribution in [0.4, 0.5) is 0 Å². The van der Waals surface area contributed by atoms with Crippen molar-refractivity contribution in [2.75, 3.05) is 6.54 Å². The lowest BCUT2D eigenvalue weighted by Gasteiger charge is -2.07. The second-order valence-corrected chi connectivity index (χ2v) is 5.24. The molecule has 0 saturated carbocycles. The van der Waals surface area contributed by atoms with E-state index in [4.69, 9.17) is 4.42 Å². The van der Waals surface area contributed by atoms with Gasteiger partial charge in [-0.15, -0.1) is 0 Å². The Kier molecular flexibility index (Phi) is 3.53. The maximum atomic E-state index is 5.63. The quantitative estimate of drug-likeness (QED) is 0.866. The second kappa shape index (κ2) is 4.92. The van der Waals surface area contributed by atoms with Crippen molar-refractivity contribution in [2.45, 2.75) is 34.2 Å². The molecule has 1 heterocycles. The van der Waals surface area contributed by atoms with E-state index < -0.39 is 0 Å². The van der Waals surface area contributed by atoms with Gasteiger partial charge in [0, 0.05) is 17.5 Å². The van der Waals surface area contributed by atoms with Gasteiger partial charge in [0.2, 0.25) is 0 Å². The molecule has 0 spiro atoms. The molecule has 0 amide bonds. The molecule has 1 aromatic heterocycles. The van der Waals surface area contributed by atoms with Gasteiger partial charge in [-0.3, -0.25) is 0 Å². The van der Waals surface area contributed by atoms with E-state index in [0.717, 1.165) is 18.7 Å². The Morgan fingerprint density at radius 2 is 2.00 bits per heavy atom. The lowest BCUT2D eigenvalue weighted by molar-refractivity contribution is 0.546. The molecular formula is C15H21NO. The first-order chi connectivity index (χ1) is 8.08. The Morgan fingerprint density at radius 3 is 2.71 bits per heavy atom. The van der Waals surface area contributed by atoms with Gasteiger partial charge >= 0.3 is 0 Å². The predicted molar refractivity (Wildman–Crippen MR) is 72.2 cm³/mol. The number of fused-ring (bicyclic) bond motifs is 1. The van der Waals surface area contributed by atoms with E-state index in [9.17, 15) is 0 Å². The van der Waals surface area contributed by atoms with Crippen molar-refractivity contribution < 1.29 is 4.42 Å². The van der Waals surface area contributed by atoms with Gasteiger partial charge in [-0.2, -0.15) is 0 Å². The molecule has 2 rings (SSSR count). The van der Waals surface area contributed by atoms with Crippen molar-refractivity contribution in [1.82, 2.24) is 5.32 Å². The zero-order valence-corrected chi connectivity index (χ0v) is 11.1. The molecule has 92 valence electrons. The Labute approximate surface area is 103 Å². The van der Waals surface area contributed by atoms with Gasteiger partial charge in [-0.1, -0.05) is 19.9 Å². The minimum Gasteiger partial charge on any atom is -0.464 e. The van der Waals surface area contributed by atoms with E-state index in [1.807, 2.05) is 6.26 Å². The van der Waals surface area contributed by atoms with Crippen LogP contribution in [-0.2, 0) is 6.54 Å². The van der Waals surface area contributed by atoms with Crippen LogP contribution >= 0.6 is 0 Å². The predicted octanol–water partition coefficient (Wildman–Crippen LogP) is 3.80. The first kappa shape index (κ1) is 12.2. The number of benzene rings is 1. The monoisotopic (exact) mass is 231 g/mol. The van der Waals surface area contributed by atoms with E-state index >= 15 is 0 Å². The fourth-order valence-electron chi connectivity index (χ4n) is 2.25. The van der Waals surface area contributed by atoms with E-state index in [1.165, 1.54) is 22.1 Å². The van der Waals surface area contributed by atoms with Gasteiger partial charge in [-0.05, 0) is 43.5 Å². The Morgan fingerprint density at radius 1 is 1.24 bits per heavy atom. The standard InChI is InChI=1S/C15H21NO/c1-10(2)7-16-8-13-9-17-14-6-11(3)5-12(4)15(13)14/h5-6,9-10,16H,7-8H2,1-4H3. The molecule has 0 aliphatic heterocycles. The lowest BCUT2D eigenvalue weighted by atomic mass is 10.0. The van der Waals surface area contributed by atoms with Crippen LogP contribution in [-0.4, -0.2) is 6.54 Å². The molecule has 2 aromatic rings. The van der Waals surface area contributed by atoms with E-state index in [1.54, 1.807) is 0 Å². The van der Waals surface area contributed by atoms with Gasteiger partial charge in [0.15, 0.2) is 0 Å². The van der Waals surface area contributed by atoms with Crippen molar-refractivity contribution >= 4 is 11.0 Å². The molecule has 1 N–H and O–H groups in total. The van der Waals surface area contributed by atoms with Crippen LogP contribution in [0.5, 0.6) is 0 Å². The summed E-state index contributed by atoms with van der Waals surface area (Å²) in [7, 11) is 0. The number of hydrogen-bond acceptors (Lipinski definition) is 2. The second-order valence-electron chi connectivity index (χ2n) is 5.24. The summed E-state index contributed by atoms with van der Waals surface area (Å²) in [5.74, 6) is 0.677.